The summed E-state index contributed by atoms with van der Waals surface area (Å²) in [6.45, 7) is -0.387. The molecular formula is C21H21F5N2O5S. The molecule has 1 atom stereocenters. The fourth-order valence-electron chi connectivity index (χ4n) is 3.65. The van der Waals surface area contributed by atoms with E-state index >= 15 is 0 Å². The largest absolute Gasteiger partial charge is 0.493 e. The average Bonchev–Trinajstić information content (AvgIpc) is 3.03. The number of nitrogens with zero attached hydrogens (tertiary/aromatic N) is 1. The van der Waals surface area contributed by atoms with Crippen molar-refractivity contribution in [2.75, 3.05) is 20.8 Å². The van der Waals surface area contributed by atoms with Crippen LogP contribution in [0.4, 0.5) is 22.0 Å². The zero-order valence-corrected chi connectivity index (χ0v) is 18.9. The number of methoxy groups -OCH3 is 2. The smallest absolute Gasteiger partial charge is 0.250 e. The molecule has 1 unspecified atom stereocenters. The first-order valence-corrected chi connectivity index (χ1v) is 11.5. The molecule has 0 aromatic heterocycles. The molecule has 0 radical (unpaired) electrons. The number of rotatable bonds is 7. The maximum atomic E-state index is 14.5. The summed E-state index contributed by atoms with van der Waals surface area (Å²) < 4.78 is 108. The first kappa shape index (κ1) is 25.7. The van der Waals surface area contributed by atoms with Gasteiger partial charge in [-0.15, -0.1) is 0 Å². The number of benzene rings is 2. The number of carbonyl (C=O) groups excluding carboxylic acids is 1. The Labute approximate surface area is 192 Å². The van der Waals surface area contributed by atoms with Crippen molar-refractivity contribution in [2.45, 2.75) is 36.7 Å². The van der Waals surface area contributed by atoms with E-state index in [1.165, 1.54) is 32.4 Å². The van der Waals surface area contributed by atoms with Crippen LogP contribution in [0.25, 0.3) is 0 Å². The van der Waals surface area contributed by atoms with Crippen LogP contribution in [0.1, 0.15) is 24.8 Å². The highest BCUT2D eigenvalue weighted by atomic mass is 32.2. The topological polar surface area (TPSA) is 84.9 Å². The Morgan fingerprint density at radius 2 is 1.53 bits per heavy atom. The van der Waals surface area contributed by atoms with Gasteiger partial charge in [-0.05, 0) is 37.0 Å². The van der Waals surface area contributed by atoms with Crippen LogP contribution in [0.5, 0.6) is 11.5 Å². The van der Waals surface area contributed by atoms with Gasteiger partial charge in [0.05, 0.1) is 14.2 Å². The molecule has 1 aliphatic heterocycles. The summed E-state index contributed by atoms with van der Waals surface area (Å²) in [5.74, 6) is -12.6. The van der Waals surface area contributed by atoms with Crippen LogP contribution in [0.2, 0.25) is 0 Å². The molecular weight excluding hydrogens is 487 g/mol. The van der Waals surface area contributed by atoms with Crippen molar-refractivity contribution < 1.29 is 44.6 Å². The van der Waals surface area contributed by atoms with Gasteiger partial charge >= 0.3 is 0 Å². The van der Waals surface area contributed by atoms with Crippen LogP contribution < -0.4 is 14.8 Å². The number of halogens is 5. The summed E-state index contributed by atoms with van der Waals surface area (Å²) >= 11 is 0. The van der Waals surface area contributed by atoms with Crippen molar-refractivity contribution in [2.24, 2.45) is 0 Å². The molecule has 0 aliphatic carbocycles. The minimum atomic E-state index is -5.40. The standard InChI is InChI=1S/C21H21F5N2O5S/c1-32-13-7-6-11(9-14(13)33-2)10-28(12-5-3-4-8-27-21(12)29)34(30,31)20-18(25)16(23)15(22)17(24)19(20)26/h6-7,9,12H,3-5,8,10H2,1-2H3,(H,27,29). The van der Waals surface area contributed by atoms with E-state index in [-0.39, 0.29) is 24.3 Å². The second kappa shape index (κ2) is 10.1. The molecule has 186 valence electrons. The Bertz CT molecular complexity index is 1180. The zero-order valence-electron chi connectivity index (χ0n) is 18.1. The van der Waals surface area contributed by atoms with E-state index in [2.05, 4.69) is 5.32 Å². The average molecular weight is 508 g/mol. The van der Waals surface area contributed by atoms with Gasteiger partial charge in [-0.2, -0.15) is 4.31 Å². The quantitative estimate of drug-likeness (QED) is 0.353. The molecule has 0 bridgehead atoms. The summed E-state index contributed by atoms with van der Waals surface area (Å²) in [6.07, 6.45) is 0.848. The highest BCUT2D eigenvalue weighted by molar-refractivity contribution is 7.89. The second-order valence-corrected chi connectivity index (χ2v) is 9.27. The molecule has 1 heterocycles. The van der Waals surface area contributed by atoms with Gasteiger partial charge in [0.2, 0.25) is 21.7 Å². The maximum Gasteiger partial charge on any atom is 0.250 e. The van der Waals surface area contributed by atoms with Gasteiger partial charge in [-0.25, -0.2) is 30.4 Å². The van der Waals surface area contributed by atoms with E-state index in [9.17, 15) is 35.2 Å². The lowest BCUT2D eigenvalue weighted by Crippen LogP contribution is -2.48. The Kier molecular flexibility index (Phi) is 7.66. The molecule has 1 saturated heterocycles. The molecule has 34 heavy (non-hydrogen) atoms. The van der Waals surface area contributed by atoms with Crippen LogP contribution in [0.3, 0.4) is 0 Å². The summed E-state index contributed by atoms with van der Waals surface area (Å²) in [4.78, 5) is 10.6. The van der Waals surface area contributed by atoms with E-state index in [0.29, 0.717) is 22.9 Å². The highest BCUT2D eigenvalue weighted by Gasteiger charge is 2.42. The van der Waals surface area contributed by atoms with Crippen molar-refractivity contribution in [1.82, 2.24) is 9.62 Å². The predicted molar refractivity (Wildman–Crippen MR) is 109 cm³/mol. The lowest BCUT2D eigenvalue weighted by molar-refractivity contribution is -0.124. The Morgan fingerprint density at radius 1 is 0.941 bits per heavy atom. The monoisotopic (exact) mass is 508 g/mol. The van der Waals surface area contributed by atoms with E-state index in [0.717, 1.165) is 0 Å². The molecule has 2 aromatic rings. The normalized spacial score (nSPS) is 16.8. The van der Waals surface area contributed by atoms with Crippen LogP contribution in [0.15, 0.2) is 23.1 Å². The molecule has 0 spiro atoms. The molecule has 1 aliphatic rings. The van der Waals surface area contributed by atoms with Crippen molar-refractivity contribution in [3.63, 3.8) is 0 Å². The highest BCUT2D eigenvalue weighted by Crippen LogP contribution is 2.34. The number of hydrogen-bond acceptors (Lipinski definition) is 5. The summed E-state index contributed by atoms with van der Waals surface area (Å²) in [5, 5.41) is 2.50. The van der Waals surface area contributed by atoms with Crippen molar-refractivity contribution >= 4 is 15.9 Å². The van der Waals surface area contributed by atoms with Gasteiger partial charge < -0.3 is 14.8 Å². The molecule has 1 amide bonds. The van der Waals surface area contributed by atoms with E-state index in [4.69, 9.17) is 9.47 Å². The third kappa shape index (κ3) is 4.67. The number of hydrogen-bond donors (Lipinski definition) is 1. The number of carbonyl (C=O) groups is 1. The van der Waals surface area contributed by atoms with Gasteiger partial charge in [0.15, 0.2) is 39.7 Å². The Balaban J connectivity index is 2.19. The minimum Gasteiger partial charge on any atom is -0.493 e. The molecule has 0 saturated carbocycles. The van der Waals surface area contributed by atoms with Crippen LogP contribution >= 0.6 is 0 Å². The molecule has 2 aromatic carbocycles. The number of sulfonamides is 1. The van der Waals surface area contributed by atoms with Gasteiger partial charge in [0, 0.05) is 13.1 Å². The van der Waals surface area contributed by atoms with Crippen LogP contribution in [-0.4, -0.2) is 45.4 Å². The molecule has 13 heteroatoms. The Morgan fingerprint density at radius 3 is 2.12 bits per heavy atom. The van der Waals surface area contributed by atoms with Crippen molar-refractivity contribution in [3.05, 3.63) is 52.8 Å². The minimum absolute atomic E-state index is 0.0340. The van der Waals surface area contributed by atoms with Crippen LogP contribution in [-0.2, 0) is 21.4 Å². The van der Waals surface area contributed by atoms with Gasteiger partial charge in [-0.3, -0.25) is 4.79 Å². The van der Waals surface area contributed by atoms with Crippen molar-refractivity contribution in [1.29, 1.82) is 0 Å². The van der Waals surface area contributed by atoms with Crippen LogP contribution in [0, 0.1) is 29.1 Å². The summed E-state index contributed by atoms with van der Waals surface area (Å²) in [6, 6.07) is 2.76. The lowest BCUT2D eigenvalue weighted by Gasteiger charge is -2.29. The van der Waals surface area contributed by atoms with Gasteiger partial charge in [0.25, 0.3) is 0 Å². The first-order chi connectivity index (χ1) is 16.0. The SMILES string of the molecule is COc1ccc(CN(C2CCCCNC2=O)S(=O)(=O)c2c(F)c(F)c(F)c(F)c2F)cc1OC. The Hall–Kier alpha value is -2.93. The second-order valence-electron chi connectivity index (χ2n) is 7.44. The zero-order chi connectivity index (χ0) is 25.2. The molecule has 7 nitrogen and oxygen atoms in total. The van der Waals surface area contributed by atoms with Gasteiger partial charge in [0.1, 0.15) is 6.04 Å². The predicted octanol–water partition coefficient (Wildman–Crippen LogP) is 3.26. The third-order valence-electron chi connectivity index (χ3n) is 5.38. The molecule has 1 N–H and O–H groups in total. The number of amides is 1. The number of ether oxygens (including phenoxy) is 2. The van der Waals surface area contributed by atoms with E-state index in [1.807, 2.05) is 0 Å². The van der Waals surface area contributed by atoms with Gasteiger partial charge in [-0.1, -0.05) is 6.07 Å². The first-order valence-electron chi connectivity index (χ1n) is 10.1. The van der Waals surface area contributed by atoms with Crippen molar-refractivity contribution in [3.8, 4) is 11.5 Å². The maximum absolute atomic E-state index is 14.5. The van der Waals surface area contributed by atoms with E-state index < -0.39 is 62.5 Å². The lowest BCUT2D eigenvalue weighted by atomic mass is 10.1. The fraction of sp³-hybridized carbons (Fsp3) is 0.381. The fourth-order valence-corrected chi connectivity index (χ4v) is 5.37. The molecule has 3 rings (SSSR count). The third-order valence-corrected chi connectivity index (χ3v) is 7.25. The molecule has 1 fully saturated rings. The summed E-state index contributed by atoms with van der Waals surface area (Å²) in [7, 11) is -2.71. The number of nitrogens with one attached hydrogen (secondary N) is 1. The summed E-state index contributed by atoms with van der Waals surface area (Å²) in [5.41, 5.74) is 0.210. The van der Waals surface area contributed by atoms with E-state index in [1.54, 1.807) is 0 Å².